The normalized spacial score (nSPS) is 19.9. The maximum Gasteiger partial charge on any atom is 0.134 e. The van der Waals surface area contributed by atoms with Crippen LogP contribution < -0.4 is 5.32 Å². The van der Waals surface area contributed by atoms with Gasteiger partial charge in [0.15, 0.2) is 0 Å². The minimum Gasteiger partial charge on any atom is -0.381 e. The molecule has 0 saturated carbocycles. The Balaban J connectivity index is 2.05. The van der Waals surface area contributed by atoms with E-state index < -0.39 is 0 Å². The van der Waals surface area contributed by atoms with Gasteiger partial charge in [-0.05, 0) is 26.3 Å². The van der Waals surface area contributed by atoms with Gasteiger partial charge in [0.1, 0.15) is 10.0 Å². The molecule has 4 nitrogen and oxygen atoms in total. The van der Waals surface area contributed by atoms with Crippen LogP contribution in [0.3, 0.4) is 0 Å². The van der Waals surface area contributed by atoms with Gasteiger partial charge in [0.05, 0.1) is 6.04 Å². The maximum absolute atomic E-state index is 5.36. The molecular formula is C11H19N3OS. The lowest BCUT2D eigenvalue weighted by molar-refractivity contribution is 0.0851. The number of hydrogen-bond donors (Lipinski definition) is 1. The van der Waals surface area contributed by atoms with E-state index >= 15 is 0 Å². The van der Waals surface area contributed by atoms with E-state index in [0.29, 0.717) is 12.0 Å². The first-order chi connectivity index (χ1) is 7.85. The third-order valence-corrected chi connectivity index (χ3v) is 4.28. The summed E-state index contributed by atoms with van der Waals surface area (Å²) in [5, 5.41) is 14.2. The molecule has 2 rings (SSSR count). The Labute approximate surface area is 100 Å². The number of nitrogens with one attached hydrogen (secondary N) is 1. The summed E-state index contributed by atoms with van der Waals surface area (Å²) < 4.78 is 5.36. The molecule has 1 aliphatic heterocycles. The molecule has 0 radical (unpaired) electrons. The van der Waals surface area contributed by atoms with Gasteiger partial charge in [0, 0.05) is 19.1 Å². The molecule has 1 aromatic rings. The van der Waals surface area contributed by atoms with E-state index in [9.17, 15) is 0 Å². The minimum absolute atomic E-state index is 0.353. The van der Waals surface area contributed by atoms with Crippen molar-refractivity contribution in [3.05, 3.63) is 10.0 Å². The van der Waals surface area contributed by atoms with Crippen LogP contribution in [-0.2, 0) is 4.74 Å². The Morgan fingerprint density at radius 1 is 1.44 bits per heavy atom. The summed E-state index contributed by atoms with van der Waals surface area (Å²) in [6, 6.07) is 0.353. The molecule has 90 valence electrons. The molecule has 0 aromatic carbocycles. The van der Waals surface area contributed by atoms with Crippen molar-refractivity contribution in [1.29, 1.82) is 0 Å². The molecule has 1 unspecified atom stereocenters. The van der Waals surface area contributed by atoms with Gasteiger partial charge in [-0.3, -0.25) is 0 Å². The average Bonchev–Trinajstić information content (AvgIpc) is 2.81. The smallest absolute Gasteiger partial charge is 0.134 e. The van der Waals surface area contributed by atoms with Crippen molar-refractivity contribution in [2.24, 2.45) is 0 Å². The van der Waals surface area contributed by atoms with Crippen molar-refractivity contribution in [3.63, 3.8) is 0 Å². The predicted octanol–water partition coefficient (Wildman–Crippen LogP) is 2.10. The Morgan fingerprint density at radius 3 is 2.81 bits per heavy atom. The van der Waals surface area contributed by atoms with Gasteiger partial charge in [-0.2, -0.15) is 0 Å². The number of rotatable bonds is 4. The molecule has 5 heteroatoms. The molecule has 0 aliphatic carbocycles. The van der Waals surface area contributed by atoms with Gasteiger partial charge in [0.2, 0.25) is 0 Å². The van der Waals surface area contributed by atoms with Crippen molar-refractivity contribution in [1.82, 2.24) is 15.5 Å². The highest BCUT2D eigenvalue weighted by Gasteiger charge is 2.21. The maximum atomic E-state index is 5.36. The molecule has 1 aromatic heterocycles. The molecular weight excluding hydrogens is 222 g/mol. The number of hydrogen-bond acceptors (Lipinski definition) is 5. The third kappa shape index (κ3) is 2.59. The number of aromatic nitrogens is 2. The quantitative estimate of drug-likeness (QED) is 0.877. The molecule has 0 spiro atoms. The zero-order valence-corrected chi connectivity index (χ0v) is 10.7. The molecule has 1 fully saturated rings. The van der Waals surface area contributed by atoms with Crippen molar-refractivity contribution in [2.45, 2.75) is 38.1 Å². The summed E-state index contributed by atoms with van der Waals surface area (Å²) >= 11 is 1.76. The van der Waals surface area contributed by atoms with E-state index in [1.54, 1.807) is 11.3 Å². The highest BCUT2D eigenvalue weighted by atomic mass is 32.1. The van der Waals surface area contributed by atoms with Crippen LogP contribution in [0.25, 0.3) is 0 Å². The highest BCUT2D eigenvalue weighted by molar-refractivity contribution is 7.11. The van der Waals surface area contributed by atoms with Gasteiger partial charge in [-0.15, -0.1) is 10.2 Å². The number of nitrogens with zero attached hydrogens (tertiary/aromatic N) is 2. The standard InChI is InChI=1S/C11H19N3OS/c1-3-9(12-2)11-14-13-10(16-11)8-4-6-15-7-5-8/h8-9,12H,3-7H2,1-2H3. The fourth-order valence-electron chi connectivity index (χ4n) is 2.00. The van der Waals surface area contributed by atoms with Gasteiger partial charge < -0.3 is 10.1 Å². The first-order valence-electron chi connectivity index (χ1n) is 5.93. The van der Waals surface area contributed by atoms with Crippen LogP contribution in [0.2, 0.25) is 0 Å². The van der Waals surface area contributed by atoms with Crippen LogP contribution in [0.15, 0.2) is 0 Å². The molecule has 0 amide bonds. The fourth-order valence-corrected chi connectivity index (χ4v) is 3.21. The summed E-state index contributed by atoms with van der Waals surface area (Å²) in [5.74, 6) is 0.564. The minimum atomic E-state index is 0.353. The molecule has 1 aliphatic rings. The molecule has 0 bridgehead atoms. The zero-order valence-electron chi connectivity index (χ0n) is 9.90. The van der Waals surface area contributed by atoms with Crippen molar-refractivity contribution < 1.29 is 4.74 Å². The van der Waals surface area contributed by atoms with Crippen LogP contribution in [0.1, 0.15) is 48.2 Å². The van der Waals surface area contributed by atoms with E-state index in [2.05, 4.69) is 22.4 Å². The van der Waals surface area contributed by atoms with Crippen LogP contribution in [-0.4, -0.2) is 30.5 Å². The zero-order chi connectivity index (χ0) is 11.4. The topological polar surface area (TPSA) is 47.0 Å². The van der Waals surface area contributed by atoms with E-state index in [0.717, 1.165) is 37.5 Å². The van der Waals surface area contributed by atoms with Gasteiger partial charge in [-0.25, -0.2) is 0 Å². The lowest BCUT2D eigenvalue weighted by Crippen LogP contribution is -2.14. The average molecular weight is 241 g/mol. The van der Waals surface area contributed by atoms with E-state index in [1.165, 1.54) is 5.01 Å². The van der Waals surface area contributed by atoms with Crippen molar-refractivity contribution >= 4 is 11.3 Å². The van der Waals surface area contributed by atoms with E-state index in [-0.39, 0.29) is 0 Å². The first-order valence-corrected chi connectivity index (χ1v) is 6.75. The van der Waals surface area contributed by atoms with Gasteiger partial charge in [0.25, 0.3) is 0 Å². The second-order valence-electron chi connectivity index (χ2n) is 4.11. The lowest BCUT2D eigenvalue weighted by atomic mass is 10.0. The molecule has 1 atom stereocenters. The van der Waals surface area contributed by atoms with E-state index in [1.807, 2.05) is 7.05 Å². The summed E-state index contributed by atoms with van der Waals surface area (Å²) in [6.45, 7) is 3.89. The molecule has 16 heavy (non-hydrogen) atoms. The van der Waals surface area contributed by atoms with Crippen molar-refractivity contribution in [2.75, 3.05) is 20.3 Å². The monoisotopic (exact) mass is 241 g/mol. The van der Waals surface area contributed by atoms with Crippen LogP contribution in [0, 0.1) is 0 Å². The lowest BCUT2D eigenvalue weighted by Gasteiger charge is -2.19. The number of ether oxygens (including phenoxy) is 1. The predicted molar refractivity (Wildman–Crippen MR) is 64.8 cm³/mol. The Bertz CT molecular complexity index is 319. The largest absolute Gasteiger partial charge is 0.381 e. The highest BCUT2D eigenvalue weighted by Crippen LogP contribution is 2.31. The second kappa shape index (κ2) is 5.70. The Hall–Kier alpha value is -0.520. The SMILES string of the molecule is CCC(NC)c1nnc(C2CCOCC2)s1. The molecule has 2 heterocycles. The van der Waals surface area contributed by atoms with Gasteiger partial charge in [-0.1, -0.05) is 18.3 Å². The summed E-state index contributed by atoms with van der Waals surface area (Å²) in [6.07, 6.45) is 3.23. The molecule has 1 saturated heterocycles. The second-order valence-corrected chi connectivity index (χ2v) is 5.16. The Kier molecular flexibility index (Phi) is 4.26. The van der Waals surface area contributed by atoms with Crippen LogP contribution >= 0.6 is 11.3 Å². The third-order valence-electron chi connectivity index (χ3n) is 3.08. The van der Waals surface area contributed by atoms with E-state index in [4.69, 9.17) is 4.74 Å². The van der Waals surface area contributed by atoms with Crippen LogP contribution in [0.5, 0.6) is 0 Å². The first kappa shape index (κ1) is 12.0. The Morgan fingerprint density at radius 2 is 2.19 bits per heavy atom. The fraction of sp³-hybridized carbons (Fsp3) is 0.818. The summed E-state index contributed by atoms with van der Waals surface area (Å²) in [5.41, 5.74) is 0. The summed E-state index contributed by atoms with van der Waals surface area (Å²) in [7, 11) is 1.98. The van der Waals surface area contributed by atoms with Crippen LogP contribution in [0.4, 0.5) is 0 Å². The molecule has 1 N–H and O–H groups in total. The van der Waals surface area contributed by atoms with Crippen molar-refractivity contribution in [3.8, 4) is 0 Å². The summed E-state index contributed by atoms with van der Waals surface area (Å²) in [4.78, 5) is 0. The van der Waals surface area contributed by atoms with Gasteiger partial charge >= 0.3 is 0 Å².